The number of hydrogen-bond donors (Lipinski definition) is 1. The molecule has 118 valence electrons. The summed E-state index contributed by atoms with van der Waals surface area (Å²) in [4.78, 5) is 2.51. The third-order valence-corrected chi connectivity index (χ3v) is 5.45. The second kappa shape index (κ2) is 8.30. The molecule has 1 aliphatic rings. The molecular formula is C18H29BrN2. The Morgan fingerprint density at radius 1 is 1.33 bits per heavy atom. The summed E-state index contributed by atoms with van der Waals surface area (Å²) in [5.41, 5.74) is 3.00. The van der Waals surface area contributed by atoms with Gasteiger partial charge in [-0.1, -0.05) is 41.9 Å². The first-order chi connectivity index (χ1) is 10.2. The molecule has 0 saturated carbocycles. The van der Waals surface area contributed by atoms with Crippen molar-refractivity contribution in [2.75, 3.05) is 19.6 Å². The second-order valence-electron chi connectivity index (χ2n) is 6.14. The quantitative estimate of drug-likeness (QED) is 0.738. The predicted octanol–water partition coefficient (Wildman–Crippen LogP) is 4.54. The van der Waals surface area contributed by atoms with Gasteiger partial charge in [0, 0.05) is 16.6 Å². The van der Waals surface area contributed by atoms with E-state index in [0.717, 1.165) is 0 Å². The zero-order chi connectivity index (χ0) is 15.2. The molecule has 2 rings (SSSR count). The zero-order valence-corrected chi connectivity index (χ0v) is 15.2. The number of benzene rings is 1. The minimum atomic E-state index is 0.543. The highest BCUT2D eigenvalue weighted by Gasteiger charge is 2.24. The molecule has 0 amide bonds. The normalized spacial score (nSPS) is 19.0. The van der Waals surface area contributed by atoms with Crippen LogP contribution in [-0.2, 0) is 6.42 Å². The van der Waals surface area contributed by atoms with Crippen LogP contribution in [0, 0.1) is 0 Å². The van der Waals surface area contributed by atoms with Crippen LogP contribution in [-0.4, -0.2) is 30.6 Å². The first-order valence-corrected chi connectivity index (χ1v) is 9.20. The maximum Gasteiger partial charge on any atom is 0.0328 e. The number of halogens is 1. The number of fused-ring (bicyclic) bond motifs is 1. The van der Waals surface area contributed by atoms with Crippen LogP contribution in [0.2, 0.25) is 0 Å². The van der Waals surface area contributed by atoms with E-state index in [-0.39, 0.29) is 0 Å². The summed E-state index contributed by atoms with van der Waals surface area (Å²) in [7, 11) is 0. The zero-order valence-electron chi connectivity index (χ0n) is 13.7. The summed E-state index contributed by atoms with van der Waals surface area (Å²) in [6.45, 7) is 10.4. The van der Waals surface area contributed by atoms with Crippen molar-refractivity contribution in [1.82, 2.24) is 10.2 Å². The molecule has 0 heterocycles. The van der Waals surface area contributed by atoms with E-state index in [0.29, 0.717) is 12.1 Å². The van der Waals surface area contributed by atoms with Gasteiger partial charge in [0.1, 0.15) is 0 Å². The number of nitrogens with one attached hydrogen (secondary N) is 1. The highest BCUT2D eigenvalue weighted by Crippen LogP contribution is 2.35. The fraction of sp³-hybridized carbons (Fsp3) is 0.667. The summed E-state index contributed by atoms with van der Waals surface area (Å²) in [5.74, 6) is 0. The molecule has 0 spiro atoms. The van der Waals surface area contributed by atoms with Gasteiger partial charge in [-0.15, -0.1) is 0 Å². The number of nitrogens with zero attached hydrogens (tertiary/aromatic N) is 1. The van der Waals surface area contributed by atoms with Crippen LogP contribution >= 0.6 is 15.9 Å². The Labute approximate surface area is 138 Å². The van der Waals surface area contributed by atoms with Gasteiger partial charge in [0.2, 0.25) is 0 Å². The highest BCUT2D eigenvalue weighted by molar-refractivity contribution is 9.10. The van der Waals surface area contributed by atoms with Gasteiger partial charge in [-0.2, -0.15) is 0 Å². The van der Waals surface area contributed by atoms with Gasteiger partial charge in [0.25, 0.3) is 0 Å². The first kappa shape index (κ1) is 17.0. The Hall–Kier alpha value is -0.380. The van der Waals surface area contributed by atoms with Crippen molar-refractivity contribution >= 4 is 15.9 Å². The molecule has 1 aliphatic carbocycles. The van der Waals surface area contributed by atoms with Crippen LogP contribution in [0.5, 0.6) is 0 Å². The van der Waals surface area contributed by atoms with Crippen molar-refractivity contribution in [3.63, 3.8) is 0 Å². The molecule has 0 radical (unpaired) electrons. The minimum Gasteiger partial charge on any atom is -0.307 e. The van der Waals surface area contributed by atoms with Crippen molar-refractivity contribution in [1.29, 1.82) is 0 Å². The van der Waals surface area contributed by atoms with Crippen LogP contribution in [0.25, 0.3) is 0 Å². The van der Waals surface area contributed by atoms with E-state index in [1.54, 1.807) is 0 Å². The molecule has 1 aromatic rings. The van der Waals surface area contributed by atoms with Crippen molar-refractivity contribution in [2.24, 2.45) is 0 Å². The maximum atomic E-state index is 3.83. The second-order valence-corrected chi connectivity index (χ2v) is 6.99. The Morgan fingerprint density at radius 3 is 2.81 bits per heavy atom. The van der Waals surface area contributed by atoms with E-state index < -0.39 is 0 Å². The van der Waals surface area contributed by atoms with E-state index in [1.807, 2.05) is 0 Å². The van der Waals surface area contributed by atoms with Gasteiger partial charge in [-0.25, -0.2) is 0 Å². The predicted molar refractivity (Wildman–Crippen MR) is 94.8 cm³/mol. The van der Waals surface area contributed by atoms with Crippen molar-refractivity contribution < 1.29 is 0 Å². The van der Waals surface area contributed by atoms with E-state index in [9.17, 15) is 0 Å². The summed E-state index contributed by atoms with van der Waals surface area (Å²) in [5, 5.41) is 3.83. The first-order valence-electron chi connectivity index (χ1n) is 8.41. The molecule has 2 nitrogen and oxygen atoms in total. The summed E-state index contributed by atoms with van der Waals surface area (Å²) < 4.78 is 1.28. The monoisotopic (exact) mass is 352 g/mol. The molecular weight excluding hydrogens is 324 g/mol. The standard InChI is InChI=1S/C18H29BrN2/c1-4-21(5-2)13-7-8-14(3)20-18-12-11-15-16(18)9-6-10-17(15)19/h6,9-10,14,18,20H,4-5,7-8,11-13H2,1-3H3. The van der Waals surface area contributed by atoms with Gasteiger partial charge in [-0.3, -0.25) is 0 Å². The highest BCUT2D eigenvalue weighted by atomic mass is 79.9. The molecule has 0 saturated heterocycles. The third-order valence-electron chi connectivity index (χ3n) is 4.71. The smallest absolute Gasteiger partial charge is 0.0328 e. The molecule has 1 N–H and O–H groups in total. The lowest BCUT2D eigenvalue weighted by molar-refractivity contribution is 0.288. The molecule has 2 unspecified atom stereocenters. The van der Waals surface area contributed by atoms with Crippen LogP contribution in [0.15, 0.2) is 22.7 Å². The lowest BCUT2D eigenvalue weighted by Gasteiger charge is -2.22. The van der Waals surface area contributed by atoms with Crippen LogP contribution in [0.4, 0.5) is 0 Å². The summed E-state index contributed by atoms with van der Waals surface area (Å²) >= 11 is 3.68. The van der Waals surface area contributed by atoms with Crippen molar-refractivity contribution in [3.05, 3.63) is 33.8 Å². The Morgan fingerprint density at radius 2 is 2.10 bits per heavy atom. The molecule has 0 aliphatic heterocycles. The van der Waals surface area contributed by atoms with Gasteiger partial charge >= 0.3 is 0 Å². The topological polar surface area (TPSA) is 15.3 Å². The van der Waals surface area contributed by atoms with E-state index in [4.69, 9.17) is 0 Å². The van der Waals surface area contributed by atoms with E-state index in [1.165, 1.54) is 60.9 Å². The van der Waals surface area contributed by atoms with Crippen molar-refractivity contribution in [2.45, 2.75) is 58.5 Å². The number of rotatable bonds is 8. The third kappa shape index (κ3) is 4.54. The molecule has 2 atom stereocenters. The lowest BCUT2D eigenvalue weighted by atomic mass is 10.1. The molecule has 3 heteroatoms. The Kier molecular flexibility index (Phi) is 6.72. The molecule has 0 bridgehead atoms. The largest absolute Gasteiger partial charge is 0.307 e. The van der Waals surface area contributed by atoms with E-state index >= 15 is 0 Å². The van der Waals surface area contributed by atoms with Gasteiger partial charge in [0.05, 0.1) is 0 Å². The minimum absolute atomic E-state index is 0.543. The maximum absolute atomic E-state index is 3.83. The fourth-order valence-electron chi connectivity index (χ4n) is 3.37. The average molecular weight is 353 g/mol. The SMILES string of the molecule is CCN(CC)CCCC(C)NC1CCc2c(Br)cccc21. The molecule has 21 heavy (non-hydrogen) atoms. The van der Waals surface area contributed by atoms with Crippen LogP contribution < -0.4 is 5.32 Å². The number of hydrogen-bond acceptors (Lipinski definition) is 2. The van der Waals surface area contributed by atoms with Crippen molar-refractivity contribution in [3.8, 4) is 0 Å². The van der Waals surface area contributed by atoms with Gasteiger partial charge < -0.3 is 10.2 Å². The summed E-state index contributed by atoms with van der Waals surface area (Å²) in [6.07, 6.45) is 4.98. The van der Waals surface area contributed by atoms with E-state index in [2.05, 4.69) is 65.1 Å². The molecule has 0 fully saturated rings. The Balaban J connectivity index is 1.80. The lowest BCUT2D eigenvalue weighted by Crippen LogP contribution is -2.31. The molecule has 1 aromatic carbocycles. The van der Waals surface area contributed by atoms with Gasteiger partial charge in [0.15, 0.2) is 0 Å². The van der Waals surface area contributed by atoms with Crippen LogP contribution in [0.1, 0.15) is 57.2 Å². The fourth-order valence-corrected chi connectivity index (χ4v) is 3.95. The molecule has 0 aromatic heterocycles. The Bertz CT molecular complexity index is 443. The van der Waals surface area contributed by atoms with Gasteiger partial charge in [-0.05, 0) is 69.4 Å². The van der Waals surface area contributed by atoms with Crippen LogP contribution in [0.3, 0.4) is 0 Å². The summed E-state index contributed by atoms with van der Waals surface area (Å²) in [6, 6.07) is 7.74. The average Bonchev–Trinajstić information content (AvgIpc) is 2.88.